The van der Waals surface area contributed by atoms with Crippen LogP contribution < -0.4 is 4.74 Å². The van der Waals surface area contributed by atoms with Crippen molar-refractivity contribution in [3.8, 4) is 5.75 Å². The lowest BCUT2D eigenvalue weighted by molar-refractivity contribution is -0.148. The van der Waals surface area contributed by atoms with Gasteiger partial charge in [0.25, 0.3) is 0 Å². The number of rotatable bonds is 7. The minimum atomic E-state index is -0.905. The number of carbonyl (C=O) groups is 3. The predicted octanol–water partition coefficient (Wildman–Crippen LogP) is 3.85. The van der Waals surface area contributed by atoms with Crippen LogP contribution >= 0.6 is 15.9 Å². The standard InChI is InChI=1S/C19H17BrO5/c1-12(21)14-5-9-17(10-6-14)24-11-18(22)25-13(2)19(23)15-3-7-16(20)8-4-15/h3-10,13H,11H2,1-2H3/t13-/m0/s1. The van der Waals surface area contributed by atoms with Crippen molar-refractivity contribution in [1.29, 1.82) is 0 Å². The molecular formula is C19H17BrO5. The second kappa shape index (κ2) is 8.58. The van der Waals surface area contributed by atoms with Gasteiger partial charge in [0.15, 0.2) is 18.5 Å². The molecule has 2 aromatic carbocycles. The van der Waals surface area contributed by atoms with Crippen LogP contribution in [-0.4, -0.2) is 30.2 Å². The summed E-state index contributed by atoms with van der Waals surface area (Å²) >= 11 is 3.30. The zero-order valence-corrected chi connectivity index (χ0v) is 15.4. The number of benzene rings is 2. The van der Waals surface area contributed by atoms with Crippen LogP contribution in [0.3, 0.4) is 0 Å². The lowest BCUT2D eigenvalue weighted by Crippen LogP contribution is -2.27. The van der Waals surface area contributed by atoms with Crippen molar-refractivity contribution in [3.63, 3.8) is 0 Å². The van der Waals surface area contributed by atoms with E-state index < -0.39 is 12.1 Å². The molecule has 0 saturated heterocycles. The molecule has 2 rings (SSSR count). The zero-order valence-electron chi connectivity index (χ0n) is 13.8. The molecule has 0 amide bonds. The fourth-order valence-electron chi connectivity index (χ4n) is 2.06. The van der Waals surface area contributed by atoms with Gasteiger partial charge in [-0.1, -0.05) is 28.1 Å². The highest BCUT2D eigenvalue weighted by molar-refractivity contribution is 9.10. The molecule has 0 aromatic heterocycles. The van der Waals surface area contributed by atoms with Gasteiger partial charge >= 0.3 is 5.97 Å². The molecule has 0 aliphatic heterocycles. The monoisotopic (exact) mass is 404 g/mol. The van der Waals surface area contributed by atoms with Crippen molar-refractivity contribution >= 4 is 33.5 Å². The van der Waals surface area contributed by atoms with Crippen molar-refractivity contribution in [2.24, 2.45) is 0 Å². The van der Waals surface area contributed by atoms with E-state index >= 15 is 0 Å². The Labute approximate surface area is 154 Å². The summed E-state index contributed by atoms with van der Waals surface area (Å²) in [7, 11) is 0. The smallest absolute Gasteiger partial charge is 0.344 e. The molecule has 0 bridgehead atoms. The van der Waals surface area contributed by atoms with E-state index in [0.717, 1.165) is 4.47 Å². The summed E-state index contributed by atoms with van der Waals surface area (Å²) < 4.78 is 11.3. The van der Waals surface area contributed by atoms with E-state index in [-0.39, 0.29) is 18.2 Å². The molecule has 0 heterocycles. The number of ketones is 2. The molecular weight excluding hydrogens is 388 g/mol. The first-order valence-electron chi connectivity index (χ1n) is 7.60. The molecule has 0 N–H and O–H groups in total. The second-order valence-corrected chi connectivity index (χ2v) is 6.29. The maximum absolute atomic E-state index is 12.2. The number of ether oxygens (including phenoxy) is 2. The van der Waals surface area contributed by atoms with Crippen LogP contribution in [0.2, 0.25) is 0 Å². The molecule has 0 spiro atoms. The third-order valence-electron chi connectivity index (χ3n) is 3.42. The van der Waals surface area contributed by atoms with Gasteiger partial charge in [0, 0.05) is 15.6 Å². The van der Waals surface area contributed by atoms with E-state index in [0.29, 0.717) is 16.9 Å². The topological polar surface area (TPSA) is 69.7 Å². The molecule has 25 heavy (non-hydrogen) atoms. The number of halogens is 1. The summed E-state index contributed by atoms with van der Waals surface area (Å²) in [6.45, 7) is 2.67. The van der Waals surface area contributed by atoms with E-state index in [1.807, 2.05) is 0 Å². The maximum atomic E-state index is 12.2. The van der Waals surface area contributed by atoms with Gasteiger partial charge in [-0.15, -0.1) is 0 Å². The van der Waals surface area contributed by atoms with Gasteiger partial charge < -0.3 is 9.47 Å². The summed E-state index contributed by atoms with van der Waals surface area (Å²) in [4.78, 5) is 35.2. The van der Waals surface area contributed by atoms with E-state index in [4.69, 9.17) is 9.47 Å². The van der Waals surface area contributed by atoms with Crippen molar-refractivity contribution in [3.05, 3.63) is 64.1 Å². The fourth-order valence-corrected chi connectivity index (χ4v) is 2.33. The molecule has 0 aliphatic rings. The van der Waals surface area contributed by atoms with Crippen LogP contribution in [0.4, 0.5) is 0 Å². The minimum absolute atomic E-state index is 0.0498. The minimum Gasteiger partial charge on any atom is -0.482 e. The second-order valence-electron chi connectivity index (χ2n) is 5.37. The first-order valence-corrected chi connectivity index (χ1v) is 8.39. The summed E-state index contributed by atoms with van der Waals surface area (Å²) in [5.41, 5.74) is 1.02. The predicted molar refractivity (Wildman–Crippen MR) is 96.0 cm³/mol. The third kappa shape index (κ3) is 5.53. The van der Waals surface area contributed by atoms with Crippen molar-refractivity contribution < 1.29 is 23.9 Å². The number of esters is 1. The molecule has 1 atom stereocenters. The summed E-state index contributed by atoms with van der Waals surface area (Å²) in [5.74, 6) is -0.541. The molecule has 0 unspecified atom stereocenters. The molecule has 0 fully saturated rings. The third-order valence-corrected chi connectivity index (χ3v) is 3.95. The largest absolute Gasteiger partial charge is 0.482 e. The van der Waals surface area contributed by atoms with E-state index in [1.54, 1.807) is 48.5 Å². The van der Waals surface area contributed by atoms with Crippen LogP contribution in [-0.2, 0) is 9.53 Å². The van der Waals surface area contributed by atoms with Gasteiger partial charge in [-0.2, -0.15) is 0 Å². The Bertz CT molecular complexity index is 765. The average molecular weight is 405 g/mol. The van der Waals surface area contributed by atoms with Crippen LogP contribution in [0.1, 0.15) is 34.6 Å². The Morgan fingerprint density at radius 2 is 1.52 bits per heavy atom. The summed E-state index contributed by atoms with van der Waals surface area (Å²) in [5, 5.41) is 0. The van der Waals surface area contributed by atoms with Gasteiger partial charge in [-0.25, -0.2) is 4.79 Å². The molecule has 6 heteroatoms. The fraction of sp³-hybridized carbons (Fsp3) is 0.211. The van der Waals surface area contributed by atoms with E-state index in [9.17, 15) is 14.4 Å². The normalized spacial score (nSPS) is 11.5. The molecule has 5 nitrogen and oxygen atoms in total. The first-order chi connectivity index (χ1) is 11.9. The summed E-state index contributed by atoms with van der Waals surface area (Å²) in [6, 6.07) is 13.2. The Balaban J connectivity index is 1.85. The SMILES string of the molecule is CC(=O)c1ccc(OCC(=O)O[C@@H](C)C(=O)c2ccc(Br)cc2)cc1. The van der Waals surface area contributed by atoms with Crippen molar-refractivity contribution in [1.82, 2.24) is 0 Å². The Morgan fingerprint density at radius 1 is 0.960 bits per heavy atom. The highest BCUT2D eigenvalue weighted by Crippen LogP contribution is 2.14. The number of Topliss-reactive ketones (excluding diaryl/α,β-unsaturated/α-hetero) is 2. The van der Waals surface area contributed by atoms with Gasteiger partial charge in [0.1, 0.15) is 5.75 Å². The van der Waals surface area contributed by atoms with Gasteiger partial charge in [0.2, 0.25) is 5.78 Å². The Kier molecular flexibility index (Phi) is 6.47. The van der Waals surface area contributed by atoms with Crippen molar-refractivity contribution in [2.75, 3.05) is 6.61 Å². The quantitative estimate of drug-likeness (QED) is 0.517. The molecule has 130 valence electrons. The Hall–Kier alpha value is -2.47. The molecule has 2 aromatic rings. The number of hydrogen-bond acceptors (Lipinski definition) is 5. The highest BCUT2D eigenvalue weighted by Gasteiger charge is 2.19. The van der Waals surface area contributed by atoms with E-state index in [2.05, 4.69) is 15.9 Å². The average Bonchev–Trinajstić information content (AvgIpc) is 2.60. The number of hydrogen-bond donors (Lipinski definition) is 0. The van der Waals surface area contributed by atoms with Crippen molar-refractivity contribution in [2.45, 2.75) is 20.0 Å². The highest BCUT2D eigenvalue weighted by atomic mass is 79.9. The van der Waals surface area contributed by atoms with Crippen LogP contribution in [0.5, 0.6) is 5.75 Å². The Morgan fingerprint density at radius 3 is 2.08 bits per heavy atom. The lowest BCUT2D eigenvalue weighted by Gasteiger charge is -2.13. The number of carbonyl (C=O) groups excluding carboxylic acids is 3. The van der Waals surface area contributed by atoms with Gasteiger partial charge in [0.05, 0.1) is 0 Å². The first kappa shape index (κ1) is 18.9. The molecule has 0 radical (unpaired) electrons. The zero-order chi connectivity index (χ0) is 18.4. The van der Waals surface area contributed by atoms with Crippen LogP contribution in [0.15, 0.2) is 53.0 Å². The van der Waals surface area contributed by atoms with E-state index in [1.165, 1.54) is 13.8 Å². The van der Waals surface area contributed by atoms with Crippen LogP contribution in [0.25, 0.3) is 0 Å². The molecule has 0 aliphatic carbocycles. The summed E-state index contributed by atoms with van der Waals surface area (Å²) in [6.07, 6.45) is -0.905. The lowest BCUT2D eigenvalue weighted by atomic mass is 10.1. The molecule has 0 saturated carbocycles. The van der Waals surface area contributed by atoms with Gasteiger partial charge in [-0.3, -0.25) is 9.59 Å². The van der Waals surface area contributed by atoms with Crippen LogP contribution in [0, 0.1) is 0 Å². The van der Waals surface area contributed by atoms with Gasteiger partial charge in [-0.05, 0) is 50.2 Å². The maximum Gasteiger partial charge on any atom is 0.344 e.